The summed E-state index contributed by atoms with van der Waals surface area (Å²) in [5, 5.41) is 4.59. The van der Waals surface area contributed by atoms with Gasteiger partial charge >= 0.3 is 0 Å². The minimum atomic E-state index is -0.0807. The van der Waals surface area contributed by atoms with Crippen LogP contribution in [0.1, 0.15) is 51.4 Å². The lowest BCUT2D eigenvalue weighted by atomic mass is 9.82. The molecule has 4 atom stereocenters. The molecule has 4 saturated heterocycles. The molecule has 6 aromatic rings. The molecule has 0 aromatic carbocycles. The molecule has 4 fully saturated rings. The van der Waals surface area contributed by atoms with Gasteiger partial charge in [-0.25, -0.2) is 9.97 Å². The van der Waals surface area contributed by atoms with Crippen molar-refractivity contribution in [2.24, 2.45) is 23.7 Å². The predicted octanol–water partition coefficient (Wildman–Crippen LogP) is 6.69. The summed E-state index contributed by atoms with van der Waals surface area (Å²) < 4.78 is 11.3. The molecule has 2 N–H and O–H groups in total. The maximum absolute atomic E-state index is 15.6. The van der Waals surface area contributed by atoms with Crippen LogP contribution in [0, 0.1) is 23.7 Å². The summed E-state index contributed by atoms with van der Waals surface area (Å²) >= 11 is 0. The molecule has 0 amide bonds. The highest BCUT2D eigenvalue weighted by molar-refractivity contribution is 6.11. The van der Waals surface area contributed by atoms with E-state index >= 15 is 4.79 Å². The lowest BCUT2D eigenvalue weighted by Crippen LogP contribution is -2.52. The minimum Gasteiger partial charge on any atom is -0.384 e. The van der Waals surface area contributed by atoms with Crippen molar-refractivity contribution in [3.05, 3.63) is 61.4 Å². The van der Waals surface area contributed by atoms with Gasteiger partial charge in [0.25, 0.3) is 0 Å². The Morgan fingerprint density at radius 1 is 0.617 bits per heavy atom. The van der Waals surface area contributed by atoms with Crippen LogP contribution in [-0.4, -0.2) is 137 Å². The second-order valence-electron chi connectivity index (χ2n) is 18.2. The van der Waals surface area contributed by atoms with Crippen LogP contribution in [0.3, 0.4) is 0 Å². The van der Waals surface area contributed by atoms with Crippen molar-refractivity contribution < 1.29 is 14.3 Å². The van der Waals surface area contributed by atoms with Crippen LogP contribution < -0.4 is 9.80 Å². The Kier molecular flexibility index (Phi) is 11.4. The lowest BCUT2D eigenvalue weighted by Gasteiger charge is -2.40. The molecule has 0 saturated carbocycles. The molecule has 4 aliphatic rings. The fourth-order valence-corrected chi connectivity index (χ4v) is 11.4. The molecule has 10 rings (SSSR count). The topological polar surface area (TPSA) is 132 Å². The standard InChI is InChI=1S/C47H60N10O3/c1-59-29-33-11-21-56(27-33)41(23-31-7-17-54(18-8-31)39-5-15-48-37-25-52-46-35(43(37)39)3-13-50-46)45(58)42(57-22-12-34(28-57)30-60-2)24-32-9-19-55(20-10-32)40-6-16-49-38-26-53-47-36(44(38)40)4-14-51-47/h3-6,13-16,25-26,31-34,41-42H,7-12,17-24,27-30H2,1-2H3,(H,50,52)(H,51,53). The fourth-order valence-electron chi connectivity index (χ4n) is 11.4. The Morgan fingerprint density at radius 2 is 1.05 bits per heavy atom. The van der Waals surface area contributed by atoms with E-state index in [9.17, 15) is 0 Å². The number of aromatic amines is 2. The van der Waals surface area contributed by atoms with E-state index in [0.717, 1.165) is 150 Å². The van der Waals surface area contributed by atoms with Crippen LogP contribution in [0.2, 0.25) is 0 Å². The molecule has 0 radical (unpaired) electrons. The third-order valence-electron chi connectivity index (χ3n) is 14.5. The second-order valence-corrected chi connectivity index (χ2v) is 18.2. The monoisotopic (exact) mass is 812 g/mol. The number of pyridine rings is 4. The molecular formula is C47H60N10O3. The molecule has 316 valence electrons. The summed E-state index contributed by atoms with van der Waals surface area (Å²) in [7, 11) is 3.62. The number of carbonyl (C=O) groups is 1. The number of piperidine rings is 2. The van der Waals surface area contributed by atoms with E-state index in [1.807, 2.05) is 51.4 Å². The van der Waals surface area contributed by atoms with Crippen LogP contribution in [0.15, 0.2) is 61.4 Å². The molecule has 60 heavy (non-hydrogen) atoms. The Morgan fingerprint density at radius 3 is 1.48 bits per heavy atom. The van der Waals surface area contributed by atoms with Crippen molar-refractivity contribution in [1.29, 1.82) is 0 Å². The zero-order chi connectivity index (χ0) is 40.6. The van der Waals surface area contributed by atoms with Crippen LogP contribution in [0.5, 0.6) is 0 Å². The zero-order valence-electron chi connectivity index (χ0n) is 35.3. The Balaban J connectivity index is 0.872. The van der Waals surface area contributed by atoms with Gasteiger partial charge in [0.2, 0.25) is 0 Å². The van der Waals surface area contributed by atoms with Gasteiger partial charge in [0.05, 0.1) is 48.7 Å². The zero-order valence-corrected chi connectivity index (χ0v) is 35.3. The van der Waals surface area contributed by atoms with Gasteiger partial charge < -0.3 is 29.2 Å². The molecule has 4 unspecified atom stereocenters. The van der Waals surface area contributed by atoms with E-state index in [1.54, 1.807) is 0 Å². The number of hydrogen-bond acceptors (Lipinski definition) is 11. The van der Waals surface area contributed by atoms with Gasteiger partial charge in [0.1, 0.15) is 11.3 Å². The first-order valence-electron chi connectivity index (χ1n) is 22.5. The first-order chi connectivity index (χ1) is 29.5. The van der Waals surface area contributed by atoms with E-state index < -0.39 is 0 Å². The molecule has 4 aliphatic heterocycles. The van der Waals surface area contributed by atoms with Crippen molar-refractivity contribution in [2.75, 3.05) is 89.6 Å². The molecule has 10 heterocycles. The maximum Gasteiger partial charge on any atom is 0.167 e. The molecule has 0 aliphatic carbocycles. The van der Waals surface area contributed by atoms with Gasteiger partial charge in [0, 0.05) is 111 Å². The first kappa shape index (κ1) is 39.4. The second kappa shape index (κ2) is 17.4. The smallest absolute Gasteiger partial charge is 0.167 e. The molecule has 0 spiro atoms. The Hall–Kier alpha value is -4.69. The van der Waals surface area contributed by atoms with E-state index in [0.29, 0.717) is 29.5 Å². The number of ether oxygens (including phenoxy) is 2. The predicted molar refractivity (Wildman–Crippen MR) is 238 cm³/mol. The average Bonchev–Trinajstić information content (AvgIpc) is 4.13. The van der Waals surface area contributed by atoms with E-state index in [4.69, 9.17) is 9.47 Å². The number of anilines is 2. The Bertz CT molecular complexity index is 2250. The number of hydrogen-bond donors (Lipinski definition) is 2. The first-order valence-corrected chi connectivity index (χ1v) is 22.5. The summed E-state index contributed by atoms with van der Waals surface area (Å²) in [6.07, 6.45) is 19.8. The molecule has 0 bridgehead atoms. The SMILES string of the molecule is COCC1CCN(C(CC2CCN(c3ccnc4cnc5[nH]ccc5c34)CC2)C(=O)C(CC2CCN(c3ccnc4cnc5[nH]ccc5c34)CC2)N2CCC(COC)C2)C1. The van der Waals surface area contributed by atoms with Crippen molar-refractivity contribution in [2.45, 2.75) is 63.5 Å². The number of likely N-dealkylation sites (tertiary alicyclic amines) is 2. The van der Waals surface area contributed by atoms with Crippen molar-refractivity contribution in [1.82, 2.24) is 39.7 Å². The van der Waals surface area contributed by atoms with Crippen LogP contribution >= 0.6 is 0 Å². The summed E-state index contributed by atoms with van der Waals surface area (Å²) in [6.45, 7) is 9.20. The third kappa shape index (κ3) is 7.74. The van der Waals surface area contributed by atoms with Gasteiger partial charge in [-0.3, -0.25) is 24.6 Å². The molecule has 13 nitrogen and oxygen atoms in total. The van der Waals surface area contributed by atoms with Crippen LogP contribution in [0.25, 0.3) is 43.9 Å². The maximum atomic E-state index is 15.6. The third-order valence-corrected chi connectivity index (χ3v) is 14.5. The summed E-state index contributed by atoms with van der Waals surface area (Å²) in [5.74, 6) is 2.37. The number of nitrogens with one attached hydrogen (secondary N) is 2. The number of ketones is 1. The van der Waals surface area contributed by atoms with Gasteiger partial charge in [0.15, 0.2) is 5.78 Å². The number of fused-ring (bicyclic) bond motifs is 6. The van der Waals surface area contributed by atoms with Gasteiger partial charge in [-0.15, -0.1) is 0 Å². The van der Waals surface area contributed by atoms with Crippen molar-refractivity contribution >= 4 is 61.0 Å². The van der Waals surface area contributed by atoms with E-state index in [-0.39, 0.29) is 12.1 Å². The van der Waals surface area contributed by atoms with Crippen LogP contribution in [-0.2, 0) is 14.3 Å². The fraction of sp³-hybridized carbons (Fsp3) is 0.553. The molecule has 13 heteroatoms. The summed E-state index contributed by atoms with van der Waals surface area (Å²) in [4.78, 5) is 50.9. The van der Waals surface area contributed by atoms with E-state index in [1.165, 1.54) is 22.1 Å². The highest BCUT2D eigenvalue weighted by atomic mass is 16.5. The summed E-state index contributed by atoms with van der Waals surface area (Å²) in [5.41, 5.74) is 6.13. The highest BCUT2D eigenvalue weighted by Gasteiger charge is 2.42. The lowest BCUT2D eigenvalue weighted by molar-refractivity contribution is -0.130. The van der Waals surface area contributed by atoms with Gasteiger partial charge in [-0.2, -0.15) is 0 Å². The number of methoxy groups -OCH3 is 2. The largest absolute Gasteiger partial charge is 0.384 e. The number of Topliss-reactive ketones (excluding diaryl/α,β-unsaturated/α-hetero) is 1. The number of rotatable bonds is 14. The van der Waals surface area contributed by atoms with Crippen molar-refractivity contribution in [3.63, 3.8) is 0 Å². The van der Waals surface area contributed by atoms with Gasteiger partial charge in [-0.1, -0.05) is 0 Å². The summed E-state index contributed by atoms with van der Waals surface area (Å²) in [6, 6.07) is 8.41. The molecular weight excluding hydrogens is 753 g/mol. The average molecular weight is 813 g/mol. The normalized spacial score (nSPS) is 22.6. The Labute approximate surface area is 352 Å². The molecule has 6 aromatic heterocycles. The van der Waals surface area contributed by atoms with Crippen LogP contribution in [0.4, 0.5) is 11.4 Å². The highest BCUT2D eigenvalue weighted by Crippen LogP contribution is 2.38. The number of nitrogens with zero attached hydrogens (tertiary/aromatic N) is 8. The van der Waals surface area contributed by atoms with Crippen molar-refractivity contribution in [3.8, 4) is 0 Å². The number of aromatic nitrogens is 6. The number of carbonyl (C=O) groups excluding carboxylic acids is 1. The minimum absolute atomic E-state index is 0.0807. The van der Waals surface area contributed by atoms with E-state index in [2.05, 4.69) is 73.8 Å². The number of H-pyrrole nitrogens is 2. The van der Waals surface area contributed by atoms with Gasteiger partial charge in [-0.05, 0) is 112 Å². The quantitative estimate of drug-likeness (QED) is 0.122.